The monoisotopic (exact) mass is 242 g/mol. The Kier molecular flexibility index (Phi) is 3.83. The zero-order valence-electron chi connectivity index (χ0n) is 10.5. The Balaban J connectivity index is 3.07. The highest BCUT2D eigenvalue weighted by atomic mass is 19.1. The summed E-state index contributed by atoms with van der Waals surface area (Å²) in [7, 11) is 1.47. The maximum absolute atomic E-state index is 13.7. The first-order valence-corrected chi connectivity index (χ1v) is 5.37. The molecule has 0 heterocycles. The van der Waals surface area contributed by atoms with Crippen LogP contribution in [0.3, 0.4) is 0 Å². The zero-order valence-corrected chi connectivity index (χ0v) is 10.5. The van der Waals surface area contributed by atoms with Crippen molar-refractivity contribution in [1.29, 1.82) is 0 Å². The lowest BCUT2D eigenvalue weighted by molar-refractivity contribution is 0.133. The molecule has 4 N–H and O–H groups in total. The first kappa shape index (κ1) is 13.6. The van der Waals surface area contributed by atoms with E-state index in [9.17, 15) is 9.50 Å². The van der Waals surface area contributed by atoms with Crippen LogP contribution in [0.4, 0.5) is 15.8 Å². The molecule has 1 aromatic rings. The molecule has 0 saturated carbocycles. The molecule has 0 amide bonds. The normalized spacial score (nSPS) is 13.3. The van der Waals surface area contributed by atoms with Crippen LogP contribution in [-0.2, 0) is 0 Å². The highest BCUT2D eigenvalue weighted by Gasteiger charge is 2.25. The van der Waals surface area contributed by atoms with E-state index in [1.165, 1.54) is 19.2 Å². The van der Waals surface area contributed by atoms with Crippen LogP contribution in [0.15, 0.2) is 12.1 Å². The summed E-state index contributed by atoms with van der Waals surface area (Å²) in [6.45, 7) is 5.19. The fourth-order valence-electron chi connectivity index (χ4n) is 1.29. The topological polar surface area (TPSA) is 67.5 Å². The average molecular weight is 242 g/mol. The summed E-state index contributed by atoms with van der Waals surface area (Å²) in [5, 5.41) is 12.5. The molecule has 0 spiro atoms. The summed E-state index contributed by atoms with van der Waals surface area (Å²) in [6.07, 6.45) is -0.634. The number of benzene rings is 1. The van der Waals surface area contributed by atoms with Gasteiger partial charge in [0.15, 0.2) is 0 Å². The van der Waals surface area contributed by atoms with E-state index < -0.39 is 17.5 Å². The van der Waals surface area contributed by atoms with Crippen LogP contribution in [0.1, 0.15) is 20.8 Å². The minimum absolute atomic E-state index is 0.241. The molecule has 1 atom stereocenters. The van der Waals surface area contributed by atoms with Gasteiger partial charge in [-0.25, -0.2) is 4.39 Å². The number of rotatable bonds is 4. The van der Waals surface area contributed by atoms with Gasteiger partial charge >= 0.3 is 0 Å². The van der Waals surface area contributed by atoms with Gasteiger partial charge < -0.3 is 20.9 Å². The van der Waals surface area contributed by atoms with E-state index in [-0.39, 0.29) is 11.4 Å². The third-order valence-electron chi connectivity index (χ3n) is 2.82. The minimum Gasteiger partial charge on any atom is -0.495 e. The Labute approximate surface area is 101 Å². The molecule has 0 aliphatic carbocycles. The van der Waals surface area contributed by atoms with Gasteiger partial charge in [0.2, 0.25) is 0 Å². The molecule has 0 aliphatic rings. The van der Waals surface area contributed by atoms with Crippen molar-refractivity contribution in [3.63, 3.8) is 0 Å². The van der Waals surface area contributed by atoms with E-state index in [1.807, 2.05) is 0 Å². The number of nitrogen functional groups attached to an aromatic ring is 1. The molecule has 0 bridgehead atoms. The van der Waals surface area contributed by atoms with Crippen LogP contribution in [0, 0.1) is 5.82 Å². The number of aliphatic hydroxyl groups excluding tert-OH is 1. The molecular formula is C12H19FN2O2. The van der Waals surface area contributed by atoms with E-state index in [0.29, 0.717) is 5.75 Å². The number of halogens is 1. The van der Waals surface area contributed by atoms with Gasteiger partial charge in [-0.3, -0.25) is 0 Å². The number of ether oxygens (including phenoxy) is 1. The van der Waals surface area contributed by atoms with Crippen molar-refractivity contribution in [1.82, 2.24) is 0 Å². The standard InChI is InChI=1S/C12H19FN2O2/c1-7(16)12(2,3)15-10-6-11(17-4)9(14)5-8(10)13/h5-7,15-16H,14H2,1-4H3. The predicted molar refractivity (Wildman–Crippen MR) is 66.7 cm³/mol. The van der Waals surface area contributed by atoms with Crippen molar-refractivity contribution in [2.75, 3.05) is 18.2 Å². The van der Waals surface area contributed by atoms with Gasteiger partial charge in [-0.1, -0.05) is 0 Å². The molecule has 4 nitrogen and oxygen atoms in total. The van der Waals surface area contributed by atoms with Crippen LogP contribution in [0.5, 0.6) is 5.75 Å². The van der Waals surface area contributed by atoms with Crippen molar-refractivity contribution in [3.8, 4) is 5.75 Å². The van der Waals surface area contributed by atoms with Gasteiger partial charge in [0.1, 0.15) is 11.6 Å². The molecule has 1 rings (SSSR count). The number of anilines is 2. The fourth-order valence-corrected chi connectivity index (χ4v) is 1.29. The van der Waals surface area contributed by atoms with Crippen molar-refractivity contribution < 1.29 is 14.2 Å². The summed E-state index contributed by atoms with van der Waals surface area (Å²) in [4.78, 5) is 0. The molecule has 0 radical (unpaired) electrons. The lowest BCUT2D eigenvalue weighted by atomic mass is 9.98. The highest BCUT2D eigenvalue weighted by molar-refractivity contribution is 5.63. The van der Waals surface area contributed by atoms with Crippen molar-refractivity contribution in [2.45, 2.75) is 32.4 Å². The summed E-state index contributed by atoms with van der Waals surface area (Å²) >= 11 is 0. The fraction of sp³-hybridized carbons (Fsp3) is 0.500. The molecule has 0 aromatic heterocycles. The lowest BCUT2D eigenvalue weighted by Crippen LogP contribution is -2.42. The number of nitrogens with two attached hydrogens (primary N) is 1. The second-order valence-electron chi connectivity index (χ2n) is 4.60. The van der Waals surface area contributed by atoms with Gasteiger partial charge in [-0.15, -0.1) is 0 Å². The minimum atomic E-state index is -0.651. The third kappa shape index (κ3) is 3.00. The second kappa shape index (κ2) is 4.79. The van der Waals surface area contributed by atoms with Crippen LogP contribution in [0.2, 0.25) is 0 Å². The number of aliphatic hydroxyl groups is 1. The Bertz CT molecular complexity index is 406. The molecule has 5 heteroatoms. The Morgan fingerprint density at radius 1 is 1.47 bits per heavy atom. The van der Waals surface area contributed by atoms with E-state index in [0.717, 1.165) is 0 Å². The van der Waals surface area contributed by atoms with Crippen LogP contribution < -0.4 is 15.8 Å². The predicted octanol–water partition coefficient (Wildman–Crippen LogP) is 1.99. The van der Waals surface area contributed by atoms with E-state index in [1.54, 1.807) is 20.8 Å². The molecule has 96 valence electrons. The Hall–Kier alpha value is -1.49. The average Bonchev–Trinajstić information content (AvgIpc) is 2.21. The van der Waals surface area contributed by atoms with Crippen LogP contribution in [-0.4, -0.2) is 23.9 Å². The molecule has 17 heavy (non-hydrogen) atoms. The van der Waals surface area contributed by atoms with E-state index in [4.69, 9.17) is 10.5 Å². The molecule has 1 aromatic carbocycles. The first-order valence-electron chi connectivity index (χ1n) is 5.37. The summed E-state index contributed by atoms with van der Waals surface area (Å²) in [5.41, 5.74) is 5.42. The van der Waals surface area contributed by atoms with Crippen LogP contribution >= 0.6 is 0 Å². The Morgan fingerprint density at radius 3 is 2.53 bits per heavy atom. The van der Waals surface area contributed by atoms with Gasteiger partial charge in [0, 0.05) is 12.1 Å². The summed E-state index contributed by atoms with van der Waals surface area (Å²) in [6, 6.07) is 2.67. The second-order valence-corrected chi connectivity index (χ2v) is 4.60. The van der Waals surface area contributed by atoms with Crippen molar-refractivity contribution >= 4 is 11.4 Å². The zero-order chi connectivity index (χ0) is 13.2. The first-order chi connectivity index (χ1) is 7.77. The maximum Gasteiger partial charge on any atom is 0.148 e. The third-order valence-corrected chi connectivity index (χ3v) is 2.82. The smallest absolute Gasteiger partial charge is 0.148 e. The number of methoxy groups -OCH3 is 1. The van der Waals surface area contributed by atoms with E-state index in [2.05, 4.69) is 5.32 Å². The largest absolute Gasteiger partial charge is 0.495 e. The van der Waals surface area contributed by atoms with Crippen LogP contribution in [0.25, 0.3) is 0 Å². The van der Waals surface area contributed by atoms with Gasteiger partial charge in [-0.05, 0) is 20.8 Å². The van der Waals surface area contributed by atoms with Gasteiger partial charge in [0.25, 0.3) is 0 Å². The number of hydrogen-bond donors (Lipinski definition) is 3. The summed E-state index contributed by atoms with van der Waals surface area (Å²) in [5.74, 6) is -0.0766. The SMILES string of the molecule is COc1cc(NC(C)(C)C(C)O)c(F)cc1N. The number of hydrogen-bond acceptors (Lipinski definition) is 4. The van der Waals surface area contributed by atoms with E-state index >= 15 is 0 Å². The molecule has 0 aliphatic heterocycles. The molecule has 1 unspecified atom stereocenters. The molecule has 0 saturated heterocycles. The van der Waals surface area contributed by atoms with Crippen molar-refractivity contribution in [3.05, 3.63) is 17.9 Å². The lowest BCUT2D eigenvalue weighted by Gasteiger charge is -2.31. The quantitative estimate of drug-likeness (QED) is 0.706. The van der Waals surface area contributed by atoms with Gasteiger partial charge in [0.05, 0.1) is 30.1 Å². The molecular weight excluding hydrogens is 223 g/mol. The maximum atomic E-state index is 13.7. The van der Waals surface area contributed by atoms with Gasteiger partial charge in [-0.2, -0.15) is 0 Å². The van der Waals surface area contributed by atoms with Crippen molar-refractivity contribution in [2.24, 2.45) is 0 Å². The summed E-state index contributed by atoms with van der Waals surface area (Å²) < 4.78 is 18.7. The Morgan fingerprint density at radius 2 is 2.06 bits per heavy atom. The molecule has 0 fully saturated rings. The number of nitrogens with one attached hydrogen (secondary N) is 1. The highest BCUT2D eigenvalue weighted by Crippen LogP contribution is 2.30.